The molecule has 4 rings (SSSR count). The third-order valence-electron chi connectivity index (χ3n) is 6.16. The van der Waals surface area contributed by atoms with Gasteiger partial charge >= 0.3 is 0 Å². The number of hydrogen-bond acceptors (Lipinski definition) is 3. The van der Waals surface area contributed by atoms with Gasteiger partial charge in [-0.05, 0) is 55.0 Å². The highest BCUT2D eigenvalue weighted by Gasteiger charge is 2.26. The average Bonchev–Trinajstić information content (AvgIpc) is 3.15. The fraction of sp³-hybridized carbons (Fsp3) is 0.417. The number of benzene rings is 2. The van der Waals surface area contributed by atoms with Crippen molar-refractivity contribution in [2.75, 3.05) is 24.3 Å². The zero-order chi connectivity index (χ0) is 21.4. The van der Waals surface area contributed by atoms with E-state index in [1.807, 2.05) is 31.1 Å². The standard InChI is InChI=1S/C24H27F2N3O/c1-14-9-10-17(23(26)22(14)25)24(30)28-20-13-19-16(12-21(20)29(2)3)11-18(27-19)15-7-5-4-6-8-15/h9-10,12-13,15H,4-8,11H2,1-3H3,(H,28,30). The van der Waals surface area contributed by atoms with E-state index in [0.29, 0.717) is 11.6 Å². The van der Waals surface area contributed by atoms with Crippen LogP contribution in [0.4, 0.5) is 25.8 Å². The van der Waals surface area contributed by atoms with Gasteiger partial charge in [0.15, 0.2) is 11.6 Å². The van der Waals surface area contributed by atoms with Crippen LogP contribution in [0.5, 0.6) is 0 Å². The number of nitrogens with zero attached hydrogens (tertiary/aromatic N) is 2. The fourth-order valence-corrected chi connectivity index (χ4v) is 4.41. The molecule has 0 unspecified atom stereocenters. The maximum absolute atomic E-state index is 14.3. The van der Waals surface area contributed by atoms with Crippen LogP contribution in [-0.2, 0) is 6.42 Å². The first-order chi connectivity index (χ1) is 14.3. The van der Waals surface area contributed by atoms with Crippen LogP contribution < -0.4 is 10.2 Å². The number of carbonyl (C=O) groups is 1. The molecule has 1 saturated carbocycles. The van der Waals surface area contributed by atoms with E-state index in [1.165, 1.54) is 56.9 Å². The first-order valence-corrected chi connectivity index (χ1v) is 10.5. The van der Waals surface area contributed by atoms with E-state index in [0.717, 1.165) is 23.4 Å². The minimum absolute atomic E-state index is 0.167. The fourth-order valence-electron chi connectivity index (χ4n) is 4.41. The third kappa shape index (κ3) is 3.83. The van der Waals surface area contributed by atoms with Crippen molar-refractivity contribution in [3.63, 3.8) is 0 Å². The van der Waals surface area contributed by atoms with E-state index in [4.69, 9.17) is 4.99 Å². The second-order valence-corrected chi connectivity index (χ2v) is 8.52. The lowest BCUT2D eigenvalue weighted by atomic mass is 9.84. The van der Waals surface area contributed by atoms with Crippen LogP contribution in [0.15, 0.2) is 29.3 Å². The van der Waals surface area contributed by atoms with Gasteiger partial charge in [-0.1, -0.05) is 25.3 Å². The van der Waals surface area contributed by atoms with Crippen LogP contribution in [0.2, 0.25) is 0 Å². The van der Waals surface area contributed by atoms with Crippen LogP contribution in [0.1, 0.15) is 53.6 Å². The molecule has 2 aliphatic rings. The zero-order valence-corrected chi connectivity index (χ0v) is 17.7. The highest BCUT2D eigenvalue weighted by Crippen LogP contribution is 2.39. The Morgan fingerprint density at radius 2 is 1.83 bits per heavy atom. The number of nitrogens with one attached hydrogen (secondary N) is 1. The Balaban J connectivity index is 1.64. The molecule has 1 fully saturated rings. The Bertz CT molecular complexity index is 1020. The number of anilines is 2. The van der Waals surface area contributed by atoms with Crippen molar-refractivity contribution in [2.45, 2.75) is 45.4 Å². The summed E-state index contributed by atoms with van der Waals surface area (Å²) >= 11 is 0. The summed E-state index contributed by atoms with van der Waals surface area (Å²) in [5.74, 6) is -2.26. The predicted molar refractivity (Wildman–Crippen MR) is 117 cm³/mol. The summed E-state index contributed by atoms with van der Waals surface area (Å²) in [6.45, 7) is 1.46. The molecule has 30 heavy (non-hydrogen) atoms. The molecule has 1 N–H and O–H groups in total. The molecular weight excluding hydrogens is 384 g/mol. The Kier molecular flexibility index (Phi) is 5.58. The first kappa shape index (κ1) is 20.5. The van der Waals surface area contributed by atoms with Crippen LogP contribution in [0, 0.1) is 24.5 Å². The van der Waals surface area contributed by atoms with Crippen LogP contribution in [-0.4, -0.2) is 25.7 Å². The van der Waals surface area contributed by atoms with Gasteiger partial charge in [0.25, 0.3) is 5.91 Å². The molecular formula is C24H27F2N3O. The molecule has 0 atom stereocenters. The quantitative estimate of drug-likeness (QED) is 0.691. The van der Waals surface area contributed by atoms with Crippen molar-refractivity contribution >= 4 is 28.7 Å². The Hall–Kier alpha value is -2.76. The van der Waals surface area contributed by atoms with Crippen molar-refractivity contribution in [3.8, 4) is 0 Å². The normalized spacial score (nSPS) is 16.2. The highest BCUT2D eigenvalue weighted by atomic mass is 19.2. The largest absolute Gasteiger partial charge is 0.376 e. The van der Waals surface area contributed by atoms with Crippen molar-refractivity contribution < 1.29 is 13.6 Å². The minimum Gasteiger partial charge on any atom is -0.376 e. The molecule has 1 aliphatic heterocycles. The molecule has 2 aromatic rings. The molecule has 158 valence electrons. The minimum atomic E-state index is -1.13. The molecule has 0 saturated heterocycles. The number of fused-ring (bicyclic) bond motifs is 1. The number of amides is 1. The maximum atomic E-state index is 14.3. The second-order valence-electron chi connectivity index (χ2n) is 8.52. The van der Waals surface area contributed by atoms with Gasteiger partial charge in [0.05, 0.1) is 22.6 Å². The summed E-state index contributed by atoms with van der Waals surface area (Å²) in [5.41, 5.74) is 4.43. The molecule has 1 amide bonds. The van der Waals surface area contributed by atoms with Crippen molar-refractivity contribution in [1.82, 2.24) is 0 Å². The Morgan fingerprint density at radius 3 is 2.53 bits per heavy atom. The number of carbonyl (C=O) groups excluding carboxylic acids is 1. The number of halogens is 2. The molecule has 1 heterocycles. The third-order valence-corrected chi connectivity index (χ3v) is 6.16. The number of aryl methyl sites for hydroxylation is 1. The van der Waals surface area contributed by atoms with E-state index >= 15 is 0 Å². The Morgan fingerprint density at radius 1 is 1.10 bits per heavy atom. The van der Waals surface area contributed by atoms with E-state index in [-0.39, 0.29) is 11.1 Å². The average molecular weight is 411 g/mol. The van der Waals surface area contributed by atoms with Gasteiger partial charge in [0.2, 0.25) is 0 Å². The van der Waals surface area contributed by atoms with Crippen molar-refractivity contribution in [1.29, 1.82) is 0 Å². The maximum Gasteiger partial charge on any atom is 0.258 e. The van der Waals surface area contributed by atoms with Gasteiger partial charge in [-0.15, -0.1) is 0 Å². The number of rotatable bonds is 4. The van der Waals surface area contributed by atoms with Gasteiger partial charge < -0.3 is 10.2 Å². The molecule has 0 radical (unpaired) electrons. The molecule has 2 aromatic carbocycles. The van der Waals surface area contributed by atoms with Gasteiger partial charge in [-0.3, -0.25) is 9.79 Å². The lowest BCUT2D eigenvalue weighted by Crippen LogP contribution is -2.19. The molecule has 0 aromatic heterocycles. The lowest BCUT2D eigenvalue weighted by molar-refractivity contribution is 0.102. The summed E-state index contributed by atoms with van der Waals surface area (Å²) in [6.07, 6.45) is 7.02. The van der Waals surface area contributed by atoms with Gasteiger partial charge in [-0.2, -0.15) is 0 Å². The smallest absolute Gasteiger partial charge is 0.258 e. The van der Waals surface area contributed by atoms with Crippen LogP contribution >= 0.6 is 0 Å². The van der Waals surface area contributed by atoms with Gasteiger partial charge in [0, 0.05) is 26.2 Å². The van der Waals surface area contributed by atoms with Crippen molar-refractivity contribution in [3.05, 3.63) is 52.6 Å². The van der Waals surface area contributed by atoms with Gasteiger partial charge in [0.1, 0.15) is 0 Å². The zero-order valence-electron chi connectivity index (χ0n) is 17.7. The van der Waals surface area contributed by atoms with Gasteiger partial charge in [-0.25, -0.2) is 8.78 Å². The summed E-state index contributed by atoms with van der Waals surface area (Å²) < 4.78 is 28.2. The summed E-state index contributed by atoms with van der Waals surface area (Å²) in [6, 6.07) is 6.60. The summed E-state index contributed by atoms with van der Waals surface area (Å²) in [7, 11) is 3.78. The lowest BCUT2D eigenvalue weighted by Gasteiger charge is -2.21. The van der Waals surface area contributed by atoms with Crippen LogP contribution in [0.3, 0.4) is 0 Å². The van der Waals surface area contributed by atoms with Crippen molar-refractivity contribution in [2.24, 2.45) is 10.9 Å². The van der Waals surface area contributed by atoms with E-state index in [2.05, 4.69) is 5.32 Å². The number of hydrogen-bond donors (Lipinski definition) is 1. The molecule has 0 bridgehead atoms. The predicted octanol–water partition coefficient (Wildman–Crippen LogP) is 5.80. The molecule has 4 nitrogen and oxygen atoms in total. The van der Waals surface area contributed by atoms with E-state index in [1.54, 1.807) is 0 Å². The Labute approximate surface area is 176 Å². The topological polar surface area (TPSA) is 44.7 Å². The summed E-state index contributed by atoms with van der Waals surface area (Å²) in [5, 5.41) is 2.76. The molecule has 0 spiro atoms. The van der Waals surface area contributed by atoms with E-state index in [9.17, 15) is 13.6 Å². The molecule has 6 heteroatoms. The monoisotopic (exact) mass is 411 g/mol. The SMILES string of the molecule is Cc1ccc(C(=O)Nc2cc3c(cc2N(C)C)CC(C2CCCCC2)=N3)c(F)c1F. The first-order valence-electron chi connectivity index (χ1n) is 10.5. The summed E-state index contributed by atoms with van der Waals surface area (Å²) in [4.78, 5) is 19.5. The number of aliphatic imine (C=N–C) groups is 1. The molecule has 1 aliphatic carbocycles. The van der Waals surface area contributed by atoms with E-state index < -0.39 is 17.5 Å². The highest BCUT2D eigenvalue weighted by molar-refractivity contribution is 6.07. The van der Waals surface area contributed by atoms with Crippen LogP contribution in [0.25, 0.3) is 0 Å². The second kappa shape index (κ2) is 8.17.